The van der Waals surface area contributed by atoms with Gasteiger partial charge in [0.1, 0.15) is 10.7 Å². The van der Waals surface area contributed by atoms with Gasteiger partial charge in [-0.3, -0.25) is 0 Å². The van der Waals surface area contributed by atoms with Crippen molar-refractivity contribution in [2.45, 2.75) is 18.0 Å². The molecule has 0 atom stereocenters. The van der Waals surface area contributed by atoms with E-state index in [1.807, 2.05) is 0 Å². The summed E-state index contributed by atoms with van der Waals surface area (Å²) in [6.45, 7) is -0.190. The fraction of sp³-hybridized carbons (Fsp3) is 0.250. The molecule has 20 heavy (non-hydrogen) atoms. The van der Waals surface area contributed by atoms with Gasteiger partial charge in [0.25, 0.3) is 0 Å². The standard InChI is InChI=1S/C12H14ClN3O3S/c1-16-5-4-14-12(16)7-15-20(18,19)11-6-9(8-17)2-3-10(11)13/h2-6,15,17H,7-8H2,1H3. The van der Waals surface area contributed by atoms with Crippen molar-refractivity contribution >= 4 is 21.6 Å². The van der Waals surface area contributed by atoms with Crippen LogP contribution in [0.2, 0.25) is 5.02 Å². The highest BCUT2D eigenvalue weighted by molar-refractivity contribution is 7.89. The van der Waals surface area contributed by atoms with Crippen LogP contribution in [0.5, 0.6) is 0 Å². The van der Waals surface area contributed by atoms with Gasteiger partial charge in [0.15, 0.2) is 0 Å². The lowest BCUT2D eigenvalue weighted by atomic mass is 10.2. The third kappa shape index (κ3) is 3.18. The molecule has 2 rings (SSSR count). The zero-order valence-corrected chi connectivity index (χ0v) is 12.3. The van der Waals surface area contributed by atoms with E-state index in [-0.39, 0.29) is 23.1 Å². The molecule has 1 aromatic carbocycles. The smallest absolute Gasteiger partial charge is 0.242 e. The first-order valence-corrected chi connectivity index (χ1v) is 7.65. The maximum atomic E-state index is 12.2. The molecule has 0 saturated heterocycles. The topological polar surface area (TPSA) is 84.2 Å². The number of hydrogen-bond donors (Lipinski definition) is 2. The predicted octanol–water partition coefficient (Wildman–Crippen LogP) is 1.04. The average Bonchev–Trinajstić information content (AvgIpc) is 2.82. The van der Waals surface area contributed by atoms with Crippen LogP contribution in [0.25, 0.3) is 0 Å². The number of aromatic nitrogens is 2. The van der Waals surface area contributed by atoms with Crippen LogP contribution in [0.4, 0.5) is 0 Å². The molecule has 0 aliphatic heterocycles. The molecule has 2 N–H and O–H groups in total. The Bertz CT molecular complexity index is 712. The fourth-order valence-electron chi connectivity index (χ4n) is 1.66. The van der Waals surface area contributed by atoms with Crippen LogP contribution in [0.15, 0.2) is 35.5 Å². The molecule has 108 valence electrons. The lowest BCUT2D eigenvalue weighted by molar-refractivity contribution is 0.281. The van der Waals surface area contributed by atoms with Gasteiger partial charge in [0.2, 0.25) is 10.0 Å². The molecule has 0 aliphatic carbocycles. The molecule has 0 spiro atoms. The number of sulfonamides is 1. The number of aliphatic hydroxyl groups excluding tert-OH is 1. The molecular formula is C12H14ClN3O3S. The molecule has 0 amide bonds. The van der Waals surface area contributed by atoms with E-state index < -0.39 is 10.0 Å². The number of imidazole rings is 1. The Hall–Kier alpha value is -1.41. The lowest BCUT2D eigenvalue weighted by Gasteiger charge is -2.09. The lowest BCUT2D eigenvalue weighted by Crippen LogP contribution is -2.25. The Kier molecular flexibility index (Phi) is 4.44. The molecule has 0 radical (unpaired) electrons. The third-order valence-electron chi connectivity index (χ3n) is 2.81. The van der Waals surface area contributed by atoms with E-state index in [1.165, 1.54) is 12.1 Å². The van der Waals surface area contributed by atoms with Crippen LogP contribution in [-0.4, -0.2) is 23.1 Å². The van der Waals surface area contributed by atoms with Crippen molar-refractivity contribution in [2.24, 2.45) is 7.05 Å². The third-order valence-corrected chi connectivity index (χ3v) is 4.69. The van der Waals surface area contributed by atoms with Crippen molar-refractivity contribution in [3.63, 3.8) is 0 Å². The van der Waals surface area contributed by atoms with Crippen molar-refractivity contribution in [3.05, 3.63) is 47.0 Å². The van der Waals surface area contributed by atoms with E-state index in [2.05, 4.69) is 9.71 Å². The summed E-state index contributed by atoms with van der Waals surface area (Å²) in [5.74, 6) is 0.586. The monoisotopic (exact) mass is 315 g/mol. The molecule has 1 aromatic heterocycles. The summed E-state index contributed by atoms with van der Waals surface area (Å²) in [5.41, 5.74) is 0.478. The Labute approximate surface area is 122 Å². The summed E-state index contributed by atoms with van der Waals surface area (Å²) >= 11 is 5.91. The second-order valence-electron chi connectivity index (χ2n) is 4.20. The van der Waals surface area contributed by atoms with E-state index in [0.29, 0.717) is 11.4 Å². The Morgan fingerprint density at radius 2 is 2.20 bits per heavy atom. The van der Waals surface area contributed by atoms with Crippen molar-refractivity contribution < 1.29 is 13.5 Å². The van der Waals surface area contributed by atoms with Gasteiger partial charge >= 0.3 is 0 Å². The van der Waals surface area contributed by atoms with Crippen LogP contribution in [0.3, 0.4) is 0 Å². The van der Waals surface area contributed by atoms with Crippen molar-refractivity contribution in [2.75, 3.05) is 0 Å². The summed E-state index contributed by atoms with van der Waals surface area (Å²) in [6, 6.07) is 4.37. The first-order chi connectivity index (χ1) is 9.44. The highest BCUT2D eigenvalue weighted by Gasteiger charge is 2.18. The van der Waals surface area contributed by atoms with Gasteiger partial charge in [0.05, 0.1) is 18.2 Å². The Morgan fingerprint density at radius 1 is 1.45 bits per heavy atom. The SMILES string of the molecule is Cn1ccnc1CNS(=O)(=O)c1cc(CO)ccc1Cl. The fourth-order valence-corrected chi connectivity index (χ4v) is 3.18. The maximum Gasteiger partial charge on any atom is 0.242 e. The van der Waals surface area contributed by atoms with Crippen LogP contribution >= 0.6 is 11.6 Å². The largest absolute Gasteiger partial charge is 0.392 e. The minimum atomic E-state index is -3.76. The normalized spacial score (nSPS) is 11.8. The average molecular weight is 316 g/mol. The first-order valence-electron chi connectivity index (χ1n) is 5.79. The zero-order valence-electron chi connectivity index (χ0n) is 10.7. The van der Waals surface area contributed by atoms with E-state index >= 15 is 0 Å². The quantitative estimate of drug-likeness (QED) is 0.863. The van der Waals surface area contributed by atoms with Crippen LogP contribution in [0.1, 0.15) is 11.4 Å². The van der Waals surface area contributed by atoms with Crippen molar-refractivity contribution in [1.29, 1.82) is 0 Å². The molecule has 0 fully saturated rings. The van der Waals surface area contributed by atoms with E-state index in [1.54, 1.807) is 30.1 Å². The van der Waals surface area contributed by atoms with Gasteiger partial charge in [-0.05, 0) is 17.7 Å². The summed E-state index contributed by atoms with van der Waals surface area (Å²) in [7, 11) is -1.99. The van der Waals surface area contributed by atoms with Gasteiger partial charge < -0.3 is 9.67 Å². The van der Waals surface area contributed by atoms with E-state index in [4.69, 9.17) is 16.7 Å². The highest BCUT2D eigenvalue weighted by atomic mass is 35.5. The second kappa shape index (κ2) is 5.92. The predicted molar refractivity (Wildman–Crippen MR) is 74.6 cm³/mol. The van der Waals surface area contributed by atoms with Gasteiger partial charge in [0, 0.05) is 19.4 Å². The van der Waals surface area contributed by atoms with Gasteiger partial charge in [-0.2, -0.15) is 0 Å². The number of hydrogen-bond acceptors (Lipinski definition) is 4. The molecular weight excluding hydrogens is 302 g/mol. The van der Waals surface area contributed by atoms with Crippen LogP contribution in [0, 0.1) is 0 Å². The molecule has 2 aromatic rings. The molecule has 0 unspecified atom stereocenters. The van der Waals surface area contributed by atoms with Crippen LogP contribution in [-0.2, 0) is 30.2 Å². The molecule has 1 heterocycles. The first kappa shape index (κ1) is 15.0. The maximum absolute atomic E-state index is 12.2. The molecule has 8 heteroatoms. The number of benzene rings is 1. The van der Waals surface area contributed by atoms with Crippen molar-refractivity contribution in [3.8, 4) is 0 Å². The number of aryl methyl sites for hydroxylation is 1. The van der Waals surface area contributed by atoms with Crippen LogP contribution < -0.4 is 4.72 Å². The highest BCUT2D eigenvalue weighted by Crippen LogP contribution is 2.22. The Balaban J connectivity index is 2.24. The van der Waals surface area contributed by atoms with Crippen molar-refractivity contribution in [1.82, 2.24) is 14.3 Å². The summed E-state index contributed by atoms with van der Waals surface area (Å²) < 4.78 is 28.6. The van der Waals surface area contributed by atoms with Gasteiger partial charge in [-0.1, -0.05) is 17.7 Å². The molecule has 0 aliphatic rings. The van der Waals surface area contributed by atoms with E-state index in [0.717, 1.165) is 0 Å². The second-order valence-corrected chi connectivity index (χ2v) is 6.34. The number of aliphatic hydroxyl groups is 1. The molecule has 0 bridgehead atoms. The summed E-state index contributed by atoms with van der Waals surface area (Å²) in [4.78, 5) is 3.98. The number of halogens is 1. The van der Waals surface area contributed by atoms with Gasteiger partial charge in [-0.15, -0.1) is 0 Å². The minimum Gasteiger partial charge on any atom is -0.392 e. The number of rotatable bonds is 5. The molecule has 0 saturated carbocycles. The summed E-state index contributed by atoms with van der Waals surface area (Å²) in [5, 5.41) is 9.17. The number of nitrogens with one attached hydrogen (secondary N) is 1. The van der Waals surface area contributed by atoms with Gasteiger partial charge in [-0.25, -0.2) is 18.1 Å². The number of nitrogens with zero attached hydrogens (tertiary/aromatic N) is 2. The van der Waals surface area contributed by atoms with E-state index in [9.17, 15) is 8.42 Å². The zero-order chi connectivity index (χ0) is 14.8. The minimum absolute atomic E-state index is 0.0556. The Morgan fingerprint density at radius 3 is 2.80 bits per heavy atom. The summed E-state index contributed by atoms with van der Waals surface area (Å²) in [6.07, 6.45) is 3.31. The molecule has 6 nitrogen and oxygen atoms in total.